The summed E-state index contributed by atoms with van der Waals surface area (Å²) in [6.45, 7) is -0.115. The molecule has 0 fully saturated rings. The van der Waals surface area contributed by atoms with Gasteiger partial charge in [0.25, 0.3) is 5.91 Å². The van der Waals surface area contributed by atoms with Gasteiger partial charge < -0.3 is 14.1 Å². The molecule has 0 saturated carbocycles. The summed E-state index contributed by atoms with van der Waals surface area (Å²) in [6.07, 6.45) is 1.51. The lowest BCUT2D eigenvalue weighted by atomic mass is 10.2. The fraction of sp³-hybridized carbons (Fsp3) is 0.150. The highest BCUT2D eigenvalue weighted by Gasteiger charge is 2.20. The molecule has 3 aromatic rings. The Kier molecular flexibility index (Phi) is 6.37. The van der Waals surface area contributed by atoms with Gasteiger partial charge in [-0.25, -0.2) is 4.39 Å². The normalized spacial score (nSPS) is 10.6. The van der Waals surface area contributed by atoms with Crippen LogP contribution in [0.4, 0.5) is 4.39 Å². The van der Waals surface area contributed by atoms with Crippen molar-refractivity contribution < 1.29 is 18.3 Å². The van der Waals surface area contributed by atoms with E-state index < -0.39 is 5.82 Å². The van der Waals surface area contributed by atoms with Crippen molar-refractivity contribution in [3.8, 4) is 5.75 Å². The highest BCUT2D eigenvalue weighted by molar-refractivity contribution is 6.32. The Morgan fingerprint density at radius 2 is 1.78 bits per heavy atom. The van der Waals surface area contributed by atoms with Gasteiger partial charge in [-0.05, 0) is 36.4 Å². The van der Waals surface area contributed by atoms with E-state index in [1.165, 1.54) is 23.3 Å². The van der Waals surface area contributed by atoms with E-state index in [9.17, 15) is 9.18 Å². The molecule has 1 aromatic heterocycles. The predicted molar refractivity (Wildman–Crippen MR) is 101 cm³/mol. The van der Waals surface area contributed by atoms with E-state index in [1.54, 1.807) is 42.5 Å². The quantitative estimate of drug-likeness (QED) is 0.531. The molecule has 140 valence electrons. The third-order valence-electron chi connectivity index (χ3n) is 3.88. The van der Waals surface area contributed by atoms with Gasteiger partial charge in [0, 0.05) is 10.6 Å². The average molecular weight is 408 g/mol. The first-order chi connectivity index (χ1) is 13.0. The highest BCUT2D eigenvalue weighted by Crippen LogP contribution is 2.24. The first-order valence-corrected chi connectivity index (χ1v) is 8.90. The molecule has 0 aliphatic rings. The first kappa shape index (κ1) is 19.3. The van der Waals surface area contributed by atoms with Gasteiger partial charge in [0.2, 0.25) is 0 Å². The number of carbonyl (C=O) groups excluding carboxylic acids is 1. The molecule has 1 amide bonds. The molecular formula is C20H16Cl2FNO3. The SMILES string of the molecule is O=C(COc1ccccc1Cl)N(Cc1ccco1)Cc1c(F)cccc1Cl. The van der Waals surface area contributed by atoms with Crippen molar-refractivity contribution in [2.24, 2.45) is 0 Å². The monoisotopic (exact) mass is 407 g/mol. The molecule has 0 unspecified atom stereocenters. The number of hydrogen-bond donors (Lipinski definition) is 0. The van der Waals surface area contributed by atoms with Crippen LogP contribution in [0.25, 0.3) is 0 Å². The summed E-state index contributed by atoms with van der Waals surface area (Å²) >= 11 is 12.1. The molecule has 0 aliphatic heterocycles. The zero-order valence-electron chi connectivity index (χ0n) is 14.2. The number of hydrogen-bond acceptors (Lipinski definition) is 3. The number of nitrogens with zero attached hydrogens (tertiary/aromatic N) is 1. The van der Waals surface area contributed by atoms with Crippen molar-refractivity contribution in [2.75, 3.05) is 6.61 Å². The summed E-state index contributed by atoms with van der Waals surface area (Å²) in [5.74, 6) is 0.125. The summed E-state index contributed by atoms with van der Waals surface area (Å²) in [5.41, 5.74) is 0.233. The van der Waals surface area contributed by atoms with Crippen molar-refractivity contribution in [3.63, 3.8) is 0 Å². The predicted octanol–water partition coefficient (Wildman–Crippen LogP) is 5.33. The van der Waals surface area contributed by atoms with E-state index in [0.29, 0.717) is 16.5 Å². The Bertz CT molecular complexity index is 895. The van der Waals surface area contributed by atoms with Gasteiger partial charge in [0.15, 0.2) is 6.61 Å². The minimum Gasteiger partial charge on any atom is -0.482 e. The number of para-hydroxylation sites is 1. The van der Waals surface area contributed by atoms with E-state index >= 15 is 0 Å². The molecular weight excluding hydrogens is 392 g/mol. The summed E-state index contributed by atoms with van der Waals surface area (Å²) < 4.78 is 25.0. The Balaban J connectivity index is 1.76. The molecule has 27 heavy (non-hydrogen) atoms. The smallest absolute Gasteiger partial charge is 0.261 e. The van der Waals surface area contributed by atoms with Gasteiger partial charge in [-0.1, -0.05) is 41.4 Å². The second-order valence-corrected chi connectivity index (χ2v) is 6.56. The molecule has 0 radical (unpaired) electrons. The second-order valence-electron chi connectivity index (χ2n) is 5.75. The van der Waals surface area contributed by atoms with Gasteiger partial charge in [-0.2, -0.15) is 0 Å². The third kappa shape index (κ3) is 5.02. The Hall–Kier alpha value is -2.50. The summed E-state index contributed by atoms with van der Waals surface area (Å²) in [7, 11) is 0. The molecule has 7 heteroatoms. The van der Waals surface area contributed by atoms with Crippen LogP contribution in [-0.2, 0) is 17.9 Å². The maximum atomic E-state index is 14.2. The molecule has 0 atom stereocenters. The summed E-state index contributed by atoms with van der Waals surface area (Å²) in [6, 6.07) is 14.7. The maximum Gasteiger partial charge on any atom is 0.261 e. The van der Waals surface area contributed by atoms with Crippen molar-refractivity contribution in [1.29, 1.82) is 0 Å². The van der Waals surface area contributed by atoms with Gasteiger partial charge in [0.05, 0.1) is 24.4 Å². The van der Waals surface area contributed by atoms with Gasteiger partial charge >= 0.3 is 0 Å². The van der Waals surface area contributed by atoms with E-state index in [4.69, 9.17) is 32.4 Å². The highest BCUT2D eigenvalue weighted by atomic mass is 35.5. The lowest BCUT2D eigenvalue weighted by Crippen LogP contribution is -2.34. The lowest BCUT2D eigenvalue weighted by Gasteiger charge is -2.23. The van der Waals surface area contributed by atoms with E-state index in [1.807, 2.05) is 0 Å². The van der Waals surface area contributed by atoms with Gasteiger partial charge in [0.1, 0.15) is 17.3 Å². The molecule has 0 spiro atoms. The maximum absolute atomic E-state index is 14.2. The number of rotatable bonds is 7. The van der Waals surface area contributed by atoms with E-state index in [2.05, 4.69) is 0 Å². The van der Waals surface area contributed by atoms with Gasteiger partial charge in [-0.3, -0.25) is 4.79 Å². The number of halogens is 3. The van der Waals surface area contributed by atoms with Crippen molar-refractivity contribution in [2.45, 2.75) is 13.1 Å². The van der Waals surface area contributed by atoms with Crippen molar-refractivity contribution in [1.82, 2.24) is 4.90 Å². The molecule has 0 saturated heterocycles. The number of carbonyl (C=O) groups is 1. The number of ether oxygens (including phenoxy) is 1. The molecule has 3 rings (SSSR count). The second kappa shape index (κ2) is 8.93. The first-order valence-electron chi connectivity index (χ1n) is 8.15. The van der Waals surface area contributed by atoms with Crippen LogP contribution < -0.4 is 4.74 Å². The topological polar surface area (TPSA) is 42.7 Å². The van der Waals surface area contributed by atoms with Crippen LogP contribution >= 0.6 is 23.2 Å². The standard InChI is InChI=1S/C20H16Cl2FNO3/c21-16-7-3-8-18(23)15(16)12-24(11-14-5-4-10-26-14)20(25)13-27-19-9-2-1-6-17(19)22/h1-10H,11-13H2. The molecule has 0 aliphatic carbocycles. The molecule has 1 heterocycles. The zero-order valence-corrected chi connectivity index (χ0v) is 15.7. The summed E-state index contributed by atoms with van der Waals surface area (Å²) in [5, 5.41) is 0.652. The number of benzene rings is 2. The Labute approximate surface area is 166 Å². The van der Waals surface area contributed by atoms with E-state index in [0.717, 1.165) is 0 Å². The third-order valence-corrected chi connectivity index (χ3v) is 4.54. The van der Waals surface area contributed by atoms with Crippen LogP contribution in [0.2, 0.25) is 10.0 Å². The fourth-order valence-electron chi connectivity index (χ4n) is 2.49. The molecule has 2 aromatic carbocycles. The lowest BCUT2D eigenvalue weighted by molar-refractivity contribution is -0.134. The molecule has 0 N–H and O–H groups in total. The summed E-state index contributed by atoms with van der Waals surface area (Å²) in [4.78, 5) is 14.1. The minimum atomic E-state index is -0.480. The van der Waals surface area contributed by atoms with Crippen molar-refractivity contribution in [3.05, 3.63) is 88.0 Å². The molecule has 0 bridgehead atoms. The average Bonchev–Trinajstić information content (AvgIpc) is 3.16. The van der Waals surface area contributed by atoms with Crippen LogP contribution in [0, 0.1) is 5.82 Å². The zero-order chi connectivity index (χ0) is 19.2. The van der Waals surface area contributed by atoms with Crippen molar-refractivity contribution >= 4 is 29.1 Å². The van der Waals surface area contributed by atoms with Crippen LogP contribution in [0.15, 0.2) is 65.3 Å². The number of amides is 1. The van der Waals surface area contributed by atoms with Crippen LogP contribution in [0.1, 0.15) is 11.3 Å². The van der Waals surface area contributed by atoms with Crippen LogP contribution in [0.3, 0.4) is 0 Å². The molecule has 4 nitrogen and oxygen atoms in total. The van der Waals surface area contributed by atoms with Crippen LogP contribution in [-0.4, -0.2) is 17.4 Å². The van der Waals surface area contributed by atoms with E-state index in [-0.39, 0.29) is 36.2 Å². The van der Waals surface area contributed by atoms with Crippen LogP contribution in [0.5, 0.6) is 5.75 Å². The number of furan rings is 1. The Morgan fingerprint density at radius 3 is 2.48 bits per heavy atom. The fourth-order valence-corrected chi connectivity index (χ4v) is 2.90. The Morgan fingerprint density at radius 1 is 1.00 bits per heavy atom. The minimum absolute atomic E-state index is 0.0169. The largest absolute Gasteiger partial charge is 0.482 e. The van der Waals surface area contributed by atoms with Gasteiger partial charge in [-0.15, -0.1) is 0 Å².